The lowest BCUT2D eigenvalue weighted by atomic mass is 10.0. The molecule has 9 nitrogen and oxygen atoms in total. The lowest BCUT2D eigenvalue weighted by Gasteiger charge is -2.07. The monoisotopic (exact) mass is 525 g/mol. The van der Waals surface area contributed by atoms with Crippen LogP contribution in [0.3, 0.4) is 0 Å². The van der Waals surface area contributed by atoms with Crippen LogP contribution in [-0.4, -0.2) is 57.6 Å². The number of benzene rings is 4. The van der Waals surface area contributed by atoms with E-state index in [0.29, 0.717) is 34.5 Å². The van der Waals surface area contributed by atoms with Crippen molar-refractivity contribution in [1.29, 1.82) is 0 Å². The van der Waals surface area contributed by atoms with E-state index in [9.17, 15) is 0 Å². The molecule has 3 aromatic heterocycles. The fourth-order valence-electron chi connectivity index (χ4n) is 5.90. The van der Waals surface area contributed by atoms with Crippen LogP contribution in [0.4, 0.5) is 0 Å². The van der Waals surface area contributed by atoms with Gasteiger partial charge in [-0.25, -0.2) is 0 Å². The van der Waals surface area contributed by atoms with Gasteiger partial charge in [-0.15, -0.1) is 0 Å². The fourth-order valence-corrected chi connectivity index (χ4v) is 5.90. The maximum atomic E-state index is 5.67. The minimum Gasteiger partial charge on any atom is -0.493 e. The highest BCUT2D eigenvalue weighted by Crippen LogP contribution is 2.48. The highest BCUT2D eigenvalue weighted by Gasteiger charge is 2.24. The first-order chi connectivity index (χ1) is 19.0. The first-order valence-electron chi connectivity index (χ1n) is 12.4. The SMILES string of the molecule is COc1cc2[nH]c3c(c2cc1OC)c1[nH]c2cc(OC)c(OC)cc2c1c1[nH]c2cc(OC)c(OC)cc2c31. The van der Waals surface area contributed by atoms with Gasteiger partial charge in [0.05, 0.1) is 75.8 Å². The molecule has 39 heavy (non-hydrogen) atoms. The van der Waals surface area contributed by atoms with Gasteiger partial charge in [-0.1, -0.05) is 0 Å². The Bertz CT molecular complexity index is 1830. The Morgan fingerprint density at radius 1 is 0.359 bits per heavy atom. The lowest BCUT2D eigenvalue weighted by molar-refractivity contribution is 0.356. The zero-order chi connectivity index (χ0) is 27.0. The van der Waals surface area contributed by atoms with Crippen LogP contribution >= 0.6 is 0 Å². The molecule has 0 radical (unpaired) electrons. The van der Waals surface area contributed by atoms with Gasteiger partial charge in [-0.2, -0.15) is 0 Å². The second kappa shape index (κ2) is 8.29. The molecule has 0 saturated carbocycles. The summed E-state index contributed by atoms with van der Waals surface area (Å²) >= 11 is 0. The highest BCUT2D eigenvalue weighted by molar-refractivity contribution is 6.39. The predicted octanol–water partition coefficient (Wildman–Crippen LogP) is 6.64. The van der Waals surface area contributed by atoms with Crippen molar-refractivity contribution in [2.24, 2.45) is 0 Å². The molecule has 0 amide bonds. The molecule has 0 bridgehead atoms. The van der Waals surface area contributed by atoms with E-state index in [1.54, 1.807) is 42.7 Å². The van der Waals surface area contributed by atoms with E-state index in [0.717, 1.165) is 65.4 Å². The van der Waals surface area contributed by atoms with Crippen molar-refractivity contribution in [3.8, 4) is 34.5 Å². The molecule has 0 saturated heterocycles. The van der Waals surface area contributed by atoms with Gasteiger partial charge in [0, 0.05) is 50.5 Å². The number of ether oxygens (including phenoxy) is 6. The predicted molar refractivity (Wildman–Crippen MR) is 154 cm³/mol. The average Bonchev–Trinajstić information content (AvgIpc) is 3.64. The van der Waals surface area contributed by atoms with Crippen molar-refractivity contribution in [2.75, 3.05) is 42.7 Å². The summed E-state index contributed by atoms with van der Waals surface area (Å²) in [6.45, 7) is 0. The van der Waals surface area contributed by atoms with Gasteiger partial charge in [-0.05, 0) is 18.2 Å². The summed E-state index contributed by atoms with van der Waals surface area (Å²) < 4.78 is 33.8. The van der Waals surface area contributed by atoms with Gasteiger partial charge >= 0.3 is 0 Å². The number of rotatable bonds is 6. The number of hydrogen-bond acceptors (Lipinski definition) is 6. The van der Waals surface area contributed by atoms with Crippen molar-refractivity contribution in [1.82, 2.24) is 15.0 Å². The van der Waals surface area contributed by atoms with Gasteiger partial charge in [0.15, 0.2) is 34.5 Å². The molecule has 7 rings (SSSR count). The van der Waals surface area contributed by atoms with E-state index in [-0.39, 0.29) is 0 Å². The Hall–Kier alpha value is -4.92. The van der Waals surface area contributed by atoms with Crippen LogP contribution in [0.2, 0.25) is 0 Å². The first-order valence-corrected chi connectivity index (χ1v) is 12.4. The molecular weight excluding hydrogens is 498 g/mol. The third-order valence-electron chi connectivity index (χ3n) is 7.66. The first kappa shape index (κ1) is 23.2. The third-order valence-corrected chi connectivity index (χ3v) is 7.66. The van der Waals surface area contributed by atoms with Crippen molar-refractivity contribution in [2.45, 2.75) is 0 Å². The lowest BCUT2D eigenvalue weighted by Crippen LogP contribution is -1.89. The van der Waals surface area contributed by atoms with E-state index in [4.69, 9.17) is 28.4 Å². The highest BCUT2D eigenvalue weighted by atomic mass is 16.5. The second-order valence-corrected chi connectivity index (χ2v) is 9.38. The van der Waals surface area contributed by atoms with E-state index < -0.39 is 0 Å². The Morgan fingerprint density at radius 2 is 0.590 bits per heavy atom. The largest absolute Gasteiger partial charge is 0.493 e. The molecule has 7 aromatic rings. The van der Waals surface area contributed by atoms with Gasteiger partial charge in [0.25, 0.3) is 0 Å². The van der Waals surface area contributed by atoms with Crippen LogP contribution in [0.25, 0.3) is 65.4 Å². The van der Waals surface area contributed by atoms with Crippen molar-refractivity contribution in [3.05, 3.63) is 36.4 Å². The molecule has 0 fully saturated rings. The molecule has 0 aliphatic carbocycles. The van der Waals surface area contributed by atoms with Crippen molar-refractivity contribution in [3.63, 3.8) is 0 Å². The Labute approximate surface area is 222 Å². The van der Waals surface area contributed by atoms with E-state index >= 15 is 0 Å². The summed E-state index contributed by atoms with van der Waals surface area (Å²) in [6.07, 6.45) is 0. The minimum atomic E-state index is 0.653. The minimum absolute atomic E-state index is 0.653. The normalized spacial score (nSPS) is 11.8. The van der Waals surface area contributed by atoms with Gasteiger partial charge in [0.2, 0.25) is 0 Å². The molecule has 0 aliphatic rings. The van der Waals surface area contributed by atoms with E-state index in [1.807, 2.05) is 36.4 Å². The fraction of sp³-hybridized carbons (Fsp3) is 0.200. The number of methoxy groups -OCH3 is 6. The van der Waals surface area contributed by atoms with Crippen LogP contribution in [0, 0.1) is 0 Å². The van der Waals surface area contributed by atoms with Crippen LogP contribution in [0.1, 0.15) is 0 Å². The number of aromatic nitrogens is 3. The summed E-state index contributed by atoms with van der Waals surface area (Å²) in [5.74, 6) is 3.93. The van der Waals surface area contributed by atoms with Gasteiger partial charge in [-0.3, -0.25) is 0 Å². The van der Waals surface area contributed by atoms with Crippen molar-refractivity contribution < 1.29 is 28.4 Å². The molecule has 3 N–H and O–H groups in total. The molecule has 3 heterocycles. The van der Waals surface area contributed by atoms with Crippen molar-refractivity contribution >= 4 is 65.4 Å². The topological polar surface area (TPSA) is 103 Å². The summed E-state index contributed by atoms with van der Waals surface area (Å²) in [4.78, 5) is 11.0. The molecule has 0 atom stereocenters. The van der Waals surface area contributed by atoms with Gasteiger partial charge in [0.1, 0.15) is 0 Å². The maximum absolute atomic E-state index is 5.67. The second-order valence-electron chi connectivity index (χ2n) is 9.38. The number of fused-ring (bicyclic) bond motifs is 12. The van der Waals surface area contributed by atoms with E-state index in [2.05, 4.69) is 15.0 Å². The zero-order valence-corrected chi connectivity index (χ0v) is 22.4. The van der Waals surface area contributed by atoms with Gasteiger partial charge < -0.3 is 43.4 Å². The summed E-state index contributed by atoms with van der Waals surface area (Å²) in [7, 11) is 9.86. The molecule has 198 valence electrons. The zero-order valence-electron chi connectivity index (χ0n) is 22.4. The average molecular weight is 526 g/mol. The molecule has 9 heteroatoms. The number of aromatic amines is 3. The van der Waals surface area contributed by atoms with E-state index in [1.165, 1.54) is 0 Å². The molecule has 4 aromatic carbocycles. The Morgan fingerprint density at radius 3 is 0.821 bits per heavy atom. The smallest absolute Gasteiger partial charge is 0.162 e. The van der Waals surface area contributed by atoms with Crippen LogP contribution in [-0.2, 0) is 0 Å². The Kier molecular flexibility index (Phi) is 4.94. The standard InChI is InChI=1S/C30H27N3O6/c1-34-19-7-13-16(10-22(19)37-4)31-28-25(13)29-27(14-8-20(35-2)23(38-5)11-17(14)32-29)30-26(28)15-9-21(36-3)24(39-6)12-18(15)33-30/h7-12,31-33H,1-6H3. The summed E-state index contributed by atoms with van der Waals surface area (Å²) in [5.41, 5.74) is 5.73. The van der Waals surface area contributed by atoms with Crippen LogP contribution < -0.4 is 28.4 Å². The quantitative estimate of drug-likeness (QED) is 0.225. The van der Waals surface area contributed by atoms with Crippen LogP contribution in [0.15, 0.2) is 36.4 Å². The number of hydrogen-bond donors (Lipinski definition) is 3. The Balaban J connectivity index is 1.78. The molecular formula is C30H27N3O6. The third kappa shape index (κ3) is 3.01. The number of nitrogens with one attached hydrogen (secondary N) is 3. The maximum Gasteiger partial charge on any atom is 0.162 e. The molecule has 0 aliphatic heterocycles. The molecule has 0 unspecified atom stereocenters. The molecule has 0 spiro atoms. The summed E-state index contributed by atoms with van der Waals surface area (Å²) in [5, 5.41) is 6.15. The van der Waals surface area contributed by atoms with Crippen LogP contribution in [0.5, 0.6) is 34.5 Å². The summed E-state index contributed by atoms with van der Waals surface area (Å²) in [6, 6.07) is 12.0. The number of H-pyrrole nitrogens is 3.